The molecular weight excluding hydrogens is 476 g/mol. The van der Waals surface area contributed by atoms with Crippen molar-refractivity contribution >= 4 is 23.2 Å². The molecule has 0 aliphatic heterocycles. The third-order valence-electron chi connectivity index (χ3n) is 4.71. The van der Waals surface area contributed by atoms with Gasteiger partial charge in [-0.25, -0.2) is 0 Å². The van der Waals surface area contributed by atoms with Crippen molar-refractivity contribution in [3.8, 4) is 0 Å². The highest BCUT2D eigenvalue weighted by Crippen LogP contribution is 2.53. The Hall–Kier alpha value is -3.18. The average Bonchev–Trinajstić information content (AvgIpc) is 2.65. The van der Waals surface area contributed by atoms with Crippen LogP contribution in [-0.4, -0.2) is 35.5 Å². The van der Waals surface area contributed by atoms with Gasteiger partial charge in [-0.3, -0.25) is 9.59 Å². The molecule has 12 heteroatoms. The van der Waals surface area contributed by atoms with Gasteiger partial charge >= 0.3 is 35.5 Å². The fourth-order valence-electron chi connectivity index (χ4n) is 3.19. The number of rotatable bonds is 7. The Kier molecular flexibility index (Phi) is 7.07. The molecule has 0 spiro atoms. The SMILES string of the molecule is Cc1cc(C)cc(NC(=O)C(F)(F)C(F)(F)C(F)(F)C(F)(F)C(=O)Nc2cc(C)cc(C)c2)c1. The molecule has 0 fully saturated rings. The minimum Gasteiger partial charge on any atom is -0.321 e. The molecule has 2 amide bonds. The van der Waals surface area contributed by atoms with Crippen LogP contribution in [0.25, 0.3) is 0 Å². The number of hydrogen-bond donors (Lipinski definition) is 2. The zero-order valence-corrected chi connectivity index (χ0v) is 18.3. The molecule has 2 rings (SSSR count). The van der Waals surface area contributed by atoms with Gasteiger partial charge in [-0.1, -0.05) is 12.1 Å². The zero-order chi connectivity index (χ0) is 26.3. The summed E-state index contributed by atoms with van der Waals surface area (Å²) in [6.45, 7) is 5.88. The number of carbonyl (C=O) groups is 2. The fraction of sp³-hybridized carbons (Fsp3) is 0.364. The van der Waals surface area contributed by atoms with E-state index < -0.39 is 46.9 Å². The van der Waals surface area contributed by atoms with Crippen molar-refractivity contribution in [1.29, 1.82) is 0 Å². The van der Waals surface area contributed by atoms with Gasteiger partial charge in [0.25, 0.3) is 0 Å². The number of aryl methyl sites for hydroxylation is 4. The molecule has 0 heterocycles. The second-order valence-corrected chi connectivity index (χ2v) is 7.96. The summed E-state index contributed by atoms with van der Waals surface area (Å²) >= 11 is 0. The maximum Gasteiger partial charge on any atom is 0.393 e. The van der Waals surface area contributed by atoms with Crippen molar-refractivity contribution in [2.45, 2.75) is 51.4 Å². The van der Waals surface area contributed by atoms with E-state index in [0.29, 0.717) is 22.3 Å². The van der Waals surface area contributed by atoms with Crippen molar-refractivity contribution in [2.24, 2.45) is 0 Å². The van der Waals surface area contributed by atoms with Gasteiger partial charge in [0.2, 0.25) is 0 Å². The molecular formula is C22H20F8N2O2. The molecule has 0 aromatic heterocycles. The van der Waals surface area contributed by atoms with Crippen LogP contribution in [-0.2, 0) is 9.59 Å². The number of amides is 2. The Morgan fingerprint density at radius 2 is 0.765 bits per heavy atom. The lowest BCUT2D eigenvalue weighted by Crippen LogP contribution is -2.67. The number of halogens is 8. The Labute approximate surface area is 189 Å². The highest BCUT2D eigenvalue weighted by Gasteiger charge is 2.84. The summed E-state index contributed by atoms with van der Waals surface area (Å²) in [6, 6.07) is 7.36. The van der Waals surface area contributed by atoms with Gasteiger partial charge in [-0.2, -0.15) is 35.1 Å². The first-order valence-corrected chi connectivity index (χ1v) is 9.63. The second kappa shape index (κ2) is 8.88. The van der Waals surface area contributed by atoms with Crippen molar-refractivity contribution < 1.29 is 44.7 Å². The topological polar surface area (TPSA) is 58.2 Å². The normalized spacial score (nSPS) is 12.9. The highest BCUT2D eigenvalue weighted by atomic mass is 19.4. The molecule has 2 aromatic rings. The van der Waals surface area contributed by atoms with Gasteiger partial charge in [0.05, 0.1) is 0 Å². The molecule has 0 saturated heterocycles. The van der Waals surface area contributed by atoms with Crippen LogP contribution in [0.1, 0.15) is 22.3 Å². The number of alkyl halides is 8. The number of hydrogen-bond acceptors (Lipinski definition) is 2. The summed E-state index contributed by atoms with van der Waals surface area (Å²) < 4.78 is 114. The molecule has 34 heavy (non-hydrogen) atoms. The standard InChI is InChI=1S/C22H20F8N2O2/c1-11-5-12(2)8-15(7-11)31-17(33)19(23,24)21(27,28)22(29,30)20(25,26)18(34)32-16-9-13(3)6-14(4)10-16/h5-10H,1-4H3,(H,31,33)(H,32,34). The minimum absolute atomic E-state index is 0.408. The summed E-state index contributed by atoms with van der Waals surface area (Å²) in [6.07, 6.45) is 0. The van der Waals surface area contributed by atoms with Crippen molar-refractivity contribution in [3.63, 3.8) is 0 Å². The van der Waals surface area contributed by atoms with Gasteiger partial charge in [-0.15, -0.1) is 0 Å². The van der Waals surface area contributed by atoms with Crippen LogP contribution in [0.15, 0.2) is 36.4 Å². The average molecular weight is 496 g/mol. The van der Waals surface area contributed by atoms with E-state index in [2.05, 4.69) is 0 Å². The summed E-state index contributed by atoms with van der Waals surface area (Å²) in [7, 11) is 0. The second-order valence-electron chi connectivity index (χ2n) is 7.96. The number of carbonyl (C=O) groups excluding carboxylic acids is 2. The van der Waals surface area contributed by atoms with E-state index in [4.69, 9.17) is 0 Å². The van der Waals surface area contributed by atoms with E-state index in [1.54, 1.807) is 0 Å². The van der Waals surface area contributed by atoms with Gasteiger partial charge in [0.15, 0.2) is 0 Å². The molecule has 0 atom stereocenters. The molecule has 0 saturated carbocycles. The van der Waals surface area contributed by atoms with Crippen LogP contribution in [0, 0.1) is 27.7 Å². The molecule has 0 bridgehead atoms. The minimum atomic E-state index is -6.95. The monoisotopic (exact) mass is 496 g/mol. The van der Waals surface area contributed by atoms with Crippen LogP contribution < -0.4 is 10.6 Å². The predicted molar refractivity (Wildman–Crippen MR) is 109 cm³/mol. The van der Waals surface area contributed by atoms with Crippen LogP contribution in [0.3, 0.4) is 0 Å². The van der Waals surface area contributed by atoms with E-state index in [1.165, 1.54) is 50.5 Å². The maximum atomic E-state index is 14.2. The molecule has 0 aliphatic rings. The van der Waals surface area contributed by atoms with E-state index in [1.807, 2.05) is 0 Å². The number of anilines is 2. The number of nitrogens with one attached hydrogen (secondary N) is 2. The van der Waals surface area contributed by atoms with Gasteiger partial charge in [-0.05, 0) is 74.2 Å². The quantitative estimate of drug-likeness (QED) is 0.460. The molecule has 0 radical (unpaired) electrons. The third kappa shape index (κ3) is 4.85. The fourth-order valence-corrected chi connectivity index (χ4v) is 3.19. The lowest BCUT2D eigenvalue weighted by molar-refractivity contribution is -0.345. The molecule has 2 N–H and O–H groups in total. The molecule has 186 valence electrons. The van der Waals surface area contributed by atoms with Crippen LogP contribution in [0.2, 0.25) is 0 Å². The zero-order valence-electron chi connectivity index (χ0n) is 18.3. The van der Waals surface area contributed by atoms with E-state index in [9.17, 15) is 44.7 Å². The van der Waals surface area contributed by atoms with E-state index in [-0.39, 0.29) is 0 Å². The first-order chi connectivity index (χ1) is 15.3. The summed E-state index contributed by atoms with van der Waals surface area (Å²) in [5.41, 5.74) is 0.743. The van der Waals surface area contributed by atoms with Gasteiger partial charge in [0, 0.05) is 11.4 Å². The summed E-state index contributed by atoms with van der Waals surface area (Å²) in [5.74, 6) is -32.4. The van der Waals surface area contributed by atoms with Crippen molar-refractivity contribution in [2.75, 3.05) is 10.6 Å². The smallest absolute Gasteiger partial charge is 0.321 e. The van der Waals surface area contributed by atoms with Crippen LogP contribution in [0.4, 0.5) is 46.5 Å². The van der Waals surface area contributed by atoms with Crippen molar-refractivity contribution in [1.82, 2.24) is 0 Å². The maximum absolute atomic E-state index is 14.2. The molecule has 0 aliphatic carbocycles. The van der Waals surface area contributed by atoms with E-state index >= 15 is 0 Å². The highest BCUT2D eigenvalue weighted by molar-refractivity contribution is 5.99. The number of benzene rings is 2. The predicted octanol–water partition coefficient (Wildman–Crippen LogP) is 6.04. The van der Waals surface area contributed by atoms with E-state index in [0.717, 1.165) is 24.3 Å². The Morgan fingerprint density at radius 1 is 0.529 bits per heavy atom. The Morgan fingerprint density at radius 3 is 1.00 bits per heavy atom. The van der Waals surface area contributed by atoms with Crippen LogP contribution in [0.5, 0.6) is 0 Å². The summed E-state index contributed by atoms with van der Waals surface area (Å²) in [5, 5.41) is 2.65. The molecule has 4 nitrogen and oxygen atoms in total. The van der Waals surface area contributed by atoms with Gasteiger partial charge < -0.3 is 10.6 Å². The largest absolute Gasteiger partial charge is 0.393 e. The first kappa shape index (κ1) is 27.1. The Balaban J connectivity index is 2.36. The lowest BCUT2D eigenvalue weighted by atomic mass is 9.97. The van der Waals surface area contributed by atoms with Gasteiger partial charge in [0.1, 0.15) is 0 Å². The third-order valence-corrected chi connectivity index (χ3v) is 4.71. The molecule has 0 unspecified atom stereocenters. The summed E-state index contributed by atoms with van der Waals surface area (Å²) in [4.78, 5) is 23.6. The lowest BCUT2D eigenvalue weighted by Gasteiger charge is -2.35. The van der Waals surface area contributed by atoms with Crippen LogP contribution >= 0.6 is 0 Å². The molecule has 2 aromatic carbocycles. The van der Waals surface area contributed by atoms with Crippen molar-refractivity contribution in [3.05, 3.63) is 58.7 Å². The first-order valence-electron chi connectivity index (χ1n) is 9.63. The Bertz CT molecular complexity index is 988.